The fourth-order valence-corrected chi connectivity index (χ4v) is 1.53. The van der Waals surface area contributed by atoms with Crippen molar-refractivity contribution in [3.8, 4) is 0 Å². The molecule has 0 bridgehead atoms. The average Bonchev–Trinajstić information content (AvgIpc) is 2.35. The van der Waals surface area contributed by atoms with Crippen LogP contribution in [-0.4, -0.2) is 29.8 Å². The topological polar surface area (TPSA) is 77.5 Å². The van der Waals surface area contributed by atoms with E-state index in [4.69, 9.17) is 4.74 Å². The lowest BCUT2D eigenvalue weighted by atomic mass is 10.2. The van der Waals surface area contributed by atoms with Crippen LogP contribution in [0.2, 0.25) is 0 Å². The van der Waals surface area contributed by atoms with Gasteiger partial charge in [-0.05, 0) is 33.3 Å². The van der Waals surface area contributed by atoms with Crippen molar-refractivity contribution >= 4 is 17.7 Å². The number of anilines is 1. The van der Waals surface area contributed by atoms with E-state index in [9.17, 15) is 9.59 Å². The number of carbonyl (C=O) groups is 2. The molecule has 0 fully saturated rings. The minimum Gasteiger partial charge on any atom is -0.465 e. The normalized spacial score (nSPS) is 10.8. The Hall–Kier alpha value is -2.11. The molecule has 0 saturated carbocycles. The third-order valence-electron chi connectivity index (χ3n) is 2.36. The van der Waals surface area contributed by atoms with Gasteiger partial charge < -0.3 is 9.47 Å². The van der Waals surface area contributed by atoms with Crippen molar-refractivity contribution in [2.24, 2.45) is 0 Å². The molecule has 0 spiro atoms. The number of aryl methyl sites for hydroxylation is 1. The molecular formula is C14H20N2O4. The van der Waals surface area contributed by atoms with Crippen molar-refractivity contribution < 1.29 is 19.1 Å². The lowest BCUT2D eigenvalue weighted by molar-refractivity contribution is 0.0595. The van der Waals surface area contributed by atoms with Crippen molar-refractivity contribution in [2.45, 2.75) is 39.7 Å². The Morgan fingerprint density at radius 3 is 2.50 bits per heavy atom. The van der Waals surface area contributed by atoms with E-state index in [0.717, 1.165) is 0 Å². The lowest BCUT2D eigenvalue weighted by Crippen LogP contribution is -2.27. The third-order valence-corrected chi connectivity index (χ3v) is 2.36. The van der Waals surface area contributed by atoms with E-state index in [-0.39, 0.29) is 5.56 Å². The van der Waals surface area contributed by atoms with Crippen LogP contribution in [0.15, 0.2) is 12.3 Å². The fourth-order valence-electron chi connectivity index (χ4n) is 1.53. The number of rotatable bonds is 3. The standard InChI is InChI=1S/C14H20N2O4/c1-6-10-11(16-13(18)20-14(2,3)4)7-9(8-15-10)12(17)19-5/h7-8H,6H2,1-5H3,(H,16,18). The number of nitrogens with one attached hydrogen (secondary N) is 1. The van der Waals surface area contributed by atoms with Gasteiger partial charge in [-0.25, -0.2) is 9.59 Å². The highest BCUT2D eigenvalue weighted by Gasteiger charge is 2.18. The number of nitrogens with zero attached hydrogens (tertiary/aromatic N) is 1. The molecule has 1 N–H and O–H groups in total. The van der Waals surface area contributed by atoms with Crippen LogP contribution >= 0.6 is 0 Å². The van der Waals surface area contributed by atoms with Crippen LogP contribution in [0.25, 0.3) is 0 Å². The highest BCUT2D eigenvalue weighted by atomic mass is 16.6. The van der Waals surface area contributed by atoms with E-state index >= 15 is 0 Å². The number of esters is 1. The molecule has 110 valence electrons. The van der Waals surface area contributed by atoms with Crippen LogP contribution in [-0.2, 0) is 15.9 Å². The van der Waals surface area contributed by atoms with Gasteiger partial charge in [-0.3, -0.25) is 10.3 Å². The molecule has 0 aliphatic carbocycles. The highest BCUT2D eigenvalue weighted by molar-refractivity contribution is 5.92. The maximum atomic E-state index is 11.8. The number of hydrogen-bond donors (Lipinski definition) is 1. The first-order valence-electron chi connectivity index (χ1n) is 6.34. The summed E-state index contributed by atoms with van der Waals surface area (Å²) >= 11 is 0. The molecule has 0 radical (unpaired) electrons. The molecule has 1 aromatic rings. The van der Waals surface area contributed by atoms with Crippen LogP contribution in [0.1, 0.15) is 43.7 Å². The summed E-state index contributed by atoms with van der Waals surface area (Å²) in [6, 6.07) is 1.53. The first-order chi connectivity index (χ1) is 9.26. The van der Waals surface area contributed by atoms with Gasteiger partial charge >= 0.3 is 12.1 Å². The zero-order valence-corrected chi connectivity index (χ0v) is 12.4. The summed E-state index contributed by atoms with van der Waals surface area (Å²) in [7, 11) is 1.29. The number of aromatic nitrogens is 1. The zero-order valence-electron chi connectivity index (χ0n) is 12.4. The molecule has 0 unspecified atom stereocenters. The van der Waals surface area contributed by atoms with Gasteiger partial charge in [0.2, 0.25) is 0 Å². The van der Waals surface area contributed by atoms with Crippen LogP contribution in [0, 0.1) is 0 Å². The largest absolute Gasteiger partial charge is 0.465 e. The molecular weight excluding hydrogens is 260 g/mol. The molecule has 0 aliphatic heterocycles. The Bertz CT molecular complexity index is 506. The monoisotopic (exact) mass is 280 g/mol. The van der Waals surface area contributed by atoms with E-state index in [1.807, 2.05) is 6.92 Å². The summed E-state index contributed by atoms with van der Waals surface area (Å²) in [6.45, 7) is 7.23. The van der Waals surface area contributed by atoms with E-state index in [1.54, 1.807) is 20.8 Å². The van der Waals surface area contributed by atoms with Gasteiger partial charge in [0.1, 0.15) is 5.60 Å². The number of hydrogen-bond acceptors (Lipinski definition) is 5. The number of methoxy groups -OCH3 is 1. The molecule has 0 saturated heterocycles. The second-order valence-electron chi connectivity index (χ2n) is 5.19. The van der Waals surface area contributed by atoms with Gasteiger partial charge in [-0.1, -0.05) is 6.92 Å². The number of amides is 1. The molecule has 1 rings (SSSR count). The van der Waals surface area contributed by atoms with Crippen LogP contribution in [0.5, 0.6) is 0 Å². The number of carbonyl (C=O) groups excluding carboxylic acids is 2. The average molecular weight is 280 g/mol. The molecule has 6 heteroatoms. The molecule has 20 heavy (non-hydrogen) atoms. The number of pyridine rings is 1. The molecule has 6 nitrogen and oxygen atoms in total. The van der Waals surface area contributed by atoms with Gasteiger partial charge in [-0.15, -0.1) is 0 Å². The summed E-state index contributed by atoms with van der Waals surface area (Å²) in [5.74, 6) is -0.507. The van der Waals surface area contributed by atoms with E-state index in [1.165, 1.54) is 19.4 Å². The molecule has 1 amide bonds. The predicted octanol–water partition coefficient (Wildman–Crippen LogP) is 2.78. The van der Waals surface area contributed by atoms with Crippen molar-refractivity contribution in [3.05, 3.63) is 23.5 Å². The highest BCUT2D eigenvalue weighted by Crippen LogP contribution is 2.18. The molecule has 0 aliphatic rings. The minimum atomic E-state index is -0.593. The summed E-state index contributed by atoms with van der Waals surface area (Å²) in [5, 5.41) is 2.61. The fraction of sp³-hybridized carbons (Fsp3) is 0.500. The Labute approximate surface area is 118 Å². The molecule has 0 aromatic carbocycles. The maximum absolute atomic E-state index is 11.8. The van der Waals surface area contributed by atoms with Crippen LogP contribution in [0.4, 0.5) is 10.5 Å². The van der Waals surface area contributed by atoms with Gasteiger partial charge in [-0.2, -0.15) is 0 Å². The van der Waals surface area contributed by atoms with Crippen molar-refractivity contribution in [1.29, 1.82) is 0 Å². The smallest absolute Gasteiger partial charge is 0.412 e. The van der Waals surface area contributed by atoms with Crippen LogP contribution < -0.4 is 5.32 Å². The van der Waals surface area contributed by atoms with Crippen LogP contribution in [0.3, 0.4) is 0 Å². The maximum Gasteiger partial charge on any atom is 0.412 e. The summed E-state index contributed by atoms with van der Waals surface area (Å²) in [6.07, 6.45) is 1.45. The summed E-state index contributed by atoms with van der Waals surface area (Å²) < 4.78 is 9.80. The Kier molecular flexibility index (Phi) is 5.07. The van der Waals surface area contributed by atoms with Gasteiger partial charge in [0.05, 0.1) is 24.1 Å². The Morgan fingerprint density at radius 1 is 1.35 bits per heavy atom. The Balaban J connectivity index is 2.97. The molecule has 1 heterocycles. The van der Waals surface area contributed by atoms with Gasteiger partial charge in [0, 0.05) is 6.20 Å². The minimum absolute atomic E-state index is 0.274. The summed E-state index contributed by atoms with van der Waals surface area (Å²) in [5.41, 5.74) is 0.799. The van der Waals surface area contributed by atoms with E-state index < -0.39 is 17.7 Å². The first-order valence-corrected chi connectivity index (χ1v) is 6.34. The lowest BCUT2D eigenvalue weighted by Gasteiger charge is -2.20. The Morgan fingerprint density at radius 2 is 2.00 bits per heavy atom. The van der Waals surface area contributed by atoms with E-state index in [2.05, 4.69) is 15.0 Å². The van der Waals surface area contributed by atoms with Gasteiger partial charge in [0.15, 0.2) is 0 Å². The zero-order chi connectivity index (χ0) is 15.3. The van der Waals surface area contributed by atoms with Crippen molar-refractivity contribution in [2.75, 3.05) is 12.4 Å². The third kappa shape index (κ3) is 4.53. The van der Waals surface area contributed by atoms with Crippen molar-refractivity contribution in [3.63, 3.8) is 0 Å². The molecule has 1 aromatic heterocycles. The quantitative estimate of drug-likeness (QED) is 0.861. The predicted molar refractivity (Wildman–Crippen MR) is 74.8 cm³/mol. The second kappa shape index (κ2) is 6.36. The number of ether oxygens (including phenoxy) is 2. The van der Waals surface area contributed by atoms with Crippen molar-refractivity contribution in [1.82, 2.24) is 4.98 Å². The van der Waals surface area contributed by atoms with Gasteiger partial charge in [0.25, 0.3) is 0 Å². The SMILES string of the molecule is CCc1ncc(C(=O)OC)cc1NC(=O)OC(C)(C)C. The molecule has 0 atom stereocenters. The van der Waals surface area contributed by atoms with E-state index in [0.29, 0.717) is 17.8 Å². The first kappa shape index (κ1) is 15.9. The second-order valence-corrected chi connectivity index (χ2v) is 5.19. The summed E-state index contributed by atoms with van der Waals surface area (Å²) in [4.78, 5) is 27.4.